The van der Waals surface area contributed by atoms with Crippen molar-refractivity contribution in [2.24, 2.45) is 0 Å². The molecule has 0 aliphatic heterocycles. The number of pyridine rings is 1. The predicted octanol–water partition coefficient (Wildman–Crippen LogP) is 3.24. The summed E-state index contributed by atoms with van der Waals surface area (Å²) in [6.07, 6.45) is 1.50. The molecule has 0 bridgehead atoms. The lowest BCUT2D eigenvalue weighted by Gasteiger charge is -2.10. The largest absolute Gasteiger partial charge is 0.397 e. The number of halogens is 1. The van der Waals surface area contributed by atoms with E-state index in [0.29, 0.717) is 22.1 Å². The van der Waals surface area contributed by atoms with E-state index in [-0.39, 0.29) is 0 Å². The van der Waals surface area contributed by atoms with Crippen LogP contribution in [0.1, 0.15) is 11.1 Å². The van der Waals surface area contributed by atoms with E-state index in [9.17, 15) is 0 Å². The van der Waals surface area contributed by atoms with Gasteiger partial charge < -0.3 is 11.1 Å². The first kappa shape index (κ1) is 12.2. The van der Waals surface area contributed by atoms with E-state index in [4.69, 9.17) is 22.6 Å². The second kappa shape index (κ2) is 4.94. The van der Waals surface area contributed by atoms with E-state index in [1.54, 1.807) is 12.1 Å². The number of aromatic nitrogens is 1. The van der Waals surface area contributed by atoms with Crippen LogP contribution in [0.25, 0.3) is 0 Å². The maximum atomic E-state index is 9.03. The molecule has 0 aliphatic carbocycles. The third kappa shape index (κ3) is 2.53. The fourth-order valence-electron chi connectivity index (χ4n) is 1.52. The molecule has 0 unspecified atom stereocenters. The summed E-state index contributed by atoms with van der Waals surface area (Å²) in [5.74, 6) is 0.470. The van der Waals surface area contributed by atoms with Crippen LogP contribution in [-0.2, 0) is 0 Å². The average molecular weight is 259 g/mol. The zero-order valence-electron chi connectivity index (χ0n) is 9.74. The highest BCUT2D eigenvalue weighted by molar-refractivity contribution is 6.30. The molecule has 3 N–H and O–H groups in total. The maximum Gasteiger partial charge on any atom is 0.148 e. The van der Waals surface area contributed by atoms with Gasteiger partial charge in [0.1, 0.15) is 11.9 Å². The zero-order valence-corrected chi connectivity index (χ0v) is 10.5. The molecule has 1 aromatic carbocycles. The molecule has 90 valence electrons. The van der Waals surface area contributed by atoms with Gasteiger partial charge in [-0.25, -0.2) is 4.98 Å². The van der Waals surface area contributed by atoms with Gasteiger partial charge in [-0.15, -0.1) is 0 Å². The van der Waals surface area contributed by atoms with Gasteiger partial charge in [0, 0.05) is 10.7 Å². The number of hydrogen-bond acceptors (Lipinski definition) is 4. The molecule has 0 saturated carbocycles. The first-order valence-electron chi connectivity index (χ1n) is 5.29. The van der Waals surface area contributed by atoms with E-state index < -0.39 is 0 Å². The average Bonchev–Trinajstić information content (AvgIpc) is 2.36. The monoisotopic (exact) mass is 258 g/mol. The lowest BCUT2D eigenvalue weighted by atomic mass is 10.2. The SMILES string of the molecule is Cc1ccc(Cl)cc1Nc1ncc(N)cc1C#N. The van der Waals surface area contributed by atoms with Gasteiger partial charge in [0.15, 0.2) is 0 Å². The van der Waals surface area contributed by atoms with Crippen molar-refractivity contribution >= 4 is 28.8 Å². The Morgan fingerprint density at radius 3 is 2.89 bits per heavy atom. The number of aryl methyl sites for hydroxylation is 1. The van der Waals surface area contributed by atoms with Crippen molar-refractivity contribution in [3.8, 4) is 6.07 Å². The number of rotatable bonds is 2. The van der Waals surface area contributed by atoms with Crippen molar-refractivity contribution in [1.82, 2.24) is 4.98 Å². The van der Waals surface area contributed by atoms with Gasteiger partial charge >= 0.3 is 0 Å². The van der Waals surface area contributed by atoms with Gasteiger partial charge in [0.2, 0.25) is 0 Å². The van der Waals surface area contributed by atoms with Crippen LogP contribution in [0.4, 0.5) is 17.2 Å². The smallest absolute Gasteiger partial charge is 0.148 e. The maximum absolute atomic E-state index is 9.03. The molecular formula is C13H11ClN4. The van der Waals surface area contributed by atoms with Crippen LogP contribution in [0.2, 0.25) is 5.02 Å². The molecule has 18 heavy (non-hydrogen) atoms. The lowest BCUT2D eigenvalue weighted by molar-refractivity contribution is 1.28. The van der Waals surface area contributed by atoms with E-state index in [1.807, 2.05) is 19.1 Å². The van der Waals surface area contributed by atoms with Gasteiger partial charge in [-0.2, -0.15) is 5.26 Å². The molecule has 4 nitrogen and oxygen atoms in total. The van der Waals surface area contributed by atoms with Gasteiger partial charge in [0.25, 0.3) is 0 Å². The summed E-state index contributed by atoms with van der Waals surface area (Å²) in [6, 6.07) is 9.13. The van der Waals surface area contributed by atoms with E-state index in [2.05, 4.69) is 16.4 Å². The van der Waals surface area contributed by atoms with Crippen molar-refractivity contribution in [2.45, 2.75) is 6.92 Å². The minimum Gasteiger partial charge on any atom is -0.397 e. The van der Waals surface area contributed by atoms with Crippen molar-refractivity contribution in [3.05, 3.63) is 46.6 Å². The lowest BCUT2D eigenvalue weighted by Crippen LogP contribution is -2.00. The fourth-order valence-corrected chi connectivity index (χ4v) is 1.69. The highest BCUT2D eigenvalue weighted by Gasteiger charge is 2.06. The predicted molar refractivity (Wildman–Crippen MR) is 72.8 cm³/mol. The van der Waals surface area contributed by atoms with Crippen LogP contribution in [0, 0.1) is 18.3 Å². The summed E-state index contributed by atoms with van der Waals surface area (Å²) >= 11 is 5.94. The van der Waals surface area contributed by atoms with Crippen molar-refractivity contribution in [2.75, 3.05) is 11.1 Å². The minimum absolute atomic E-state index is 0.398. The number of nitriles is 1. The number of nitrogen functional groups attached to an aromatic ring is 1. The number of nitrogens with two attached hydrogens (primary N) is 1. The molecule has 2 aromatic rings. The molecule has 0 aliphatic rings. The van der Waals surface area contributed by atoms with Crippen LogP contribution in [0.15, 0.2) is 30.5 Å². The Hall–Kier alpha value is -2.25. The molecule has 0 atom stereocenters. The molecular weight excluding hydrogens is 248 g/mol. The second-order valence-corrected chi connectivity index (χ2v) is 4.30. The third-order valence-electron chi connectivity index (χ3n) is 2.48. The Kier molecular flexibility index (Phi) is 3.35. The van der Waals surface area contributed by atoms with E-state index in [1.165, 1.54) is 6.20 Å². The fraction of sp³-hybridized carbons (Fsp3) is 0.0769. The van der Waals surface area contributed by atoms with Crippen LogP contribution in [-0.4, -0.2) is 4.98 Å². The summed E-state index contributed by atoms with van der Waals surface area (Å²) in [5, 5.41) is 12.7. The summed E-state index contributed by atoms with van der Waals surface area (Å²) < 4.78 is 0. The van der Waals surface area contributed by atoms with Crippen molar-refractivity contribution in [3.63, 3.8) is 0 Å². The number of benzene rings is 1. The normalized spacial score (nSPS) is 9.83. The topological polar surface area (TPSA) is 74.7 Å². The summed E-state index contributed by atoms with van der Waals surface area (Å²) in [7, 11) is 0. The first-order chi connectivity index (χ1) is 8.60. The number of nitrogens with zero attached hydrogens (tertiary/aromatic N) is 2. The van der Waals surface area contributed by atoms with Gasteiger partial charge in [0.05, 0.1) is 17.4 Å². The quantitative estimate of drug-likeness (QED) is 0.867. The van der Waals surface area contributed by atoms with Crippen LogP contribution >= 0.6 is 11.6 Å². The van der Waals surface area contributed by atoms with Crippen LogP contribution in [0.5, 0.6) is 0 Å². The Bertz CT molecular complexity index is 631. The summed E-state index contributed by atoms with van der Waals surface area (Å²) in [4.78, 5) is 4.11. The Labute approximate surface area is 110 Å². The molecule has 0 amide bonds. The Balaban J connectivity index is 2.40. The van der Waals surface area contributed by atoms with Crippen molar-refractivity contribution < 1.29 is 0 Å². The van der Waals surface area contributed by atoms with Gasteiger partial charge in [-0.3, -0.25) is 0 Å². The Morgan fingerprint density at radius 1 is 1.39 bits per heavy atom. The molecule has 5 heteroatoms. The second-order valence-electron chi connectivity index (χ2n) is 3.86. The standard InChI is InChI=1S/C13H11ClN4/c1-8-2-3-10(14)5-12(8)18-13-9(6-15)4-11(16)7-17-13/h2-5,7H,16H2,1H3,(H,17,18). The number of hydrogen-bond donors (Lipinski definition) is 2. The number of anilines is 3. The molecule has 0 spiro atoms. The van der Waals surface area contributed by atoms with Gasteiger partial charge in [-0.1, -0.05) is 17.7 Å². The summed E-state index contributed by atoms with van der Waals surface area (Å²) in [5.41, 5.74) is 8.28. The highest BCUT2D eigenvalue weighted by atomic mass is 35.5. The van der Waals surface area contributed by atoms with Gasteiger partial charge in [-0.05, 0) is 30.7 Å². The van der Waals surface area contributed by atoms with Crippen LogP contribution < -0.4 is 11.1 Å². The van der Waals surface area contributed by atoms with E-state index in [0.717, 1.165) is 11.3 Å². The third-order valence-corrected chi connectivity index (χ3v) is 2.72. The molecule has 1 heterocycles. The zero-order chi connectivity index (χ0) is 13.1. The van der Waals surface area contributed by atoms with E-state index >= 15 is 0 Å². The molecule has 2 rings (SSSR count). The molecule has 0 fully saturated rings. The minimum atomic E-state index is 0.398. The number of nitrogens with one attached hydrogen (secondary N) is 1. The molecule has 0 radical (unpaired) electrons. The van der Waals surface area contributed by atoms with Crippen molar-refractivity contribution in [1.29, 1.82) is 5.26 Å². The van der Waals surface area contributed by atoms with Crippen LogP contribution in [0.3, 0.4) is 0 Å². The highest BCUT2D eigenvalue weighted by Crippen LogP contribution is 2.25. The Morgan fingerprint density at radius 2 is 2.17 bits per heavy atom. The first-order valence-corrected chi connectivity index (χ1v) is 5.67. The summed E-state index contributed by atoms with van der Waals surface area (Å²) in [6.45, 7) is 1.95. The molecule has 1 aromatic heterocycles. The molecule has 0 saturated heterocycles.